The van der Waals surface area contributed by atoms with E-state index in [4.69, 9.17) is 5.73 Å². The highest BCUT2D eigenvalue weighted by molar-refractivity contribution is 7.98. The number of thioether (sulfide) groups is 1. The molecule has 2 aromatic heterocycles. The Labute approximate surface area is 129 Å². The van der Waals surface area contributed by atoms with Crippen LogP contribution in [-0.4, -0.2) is 16.8 Å². The number of carboxylic acids is 1. The maximum absolute atomic E-state index is 11.3. The molecule has 0 fully saturated rings. The van der Waals surface area contributed by atoms with Crippen LogP contribution in [0.15, 0.2) is 6.07 Å². The Hall–Kier alpha value is -0.980. The number of aromatic carboxylic acids is 1. The van der Waals surface area contributed by atoms with Crippen molar-refractivity contribution in [3.63, 3.8) is 0 Å². The number of nitrogen functional groups attached to an aromatic ring is 1. The highest BCUT2D eigenvalue weighted by Gasteiger charge is 2.23. The van der Waals surface area contributed by atoms with Crippen molar-refractivity contribution in [1.29, 1.82) is 0 Å². The molecular weight excluding hydrogens is 310 g/mol. The molecule has 0 unspecified atom stereocenters. The topological polar surface area (TPSA) is 63.3 Å². The van der Waals surface area contributed by atoms with E-state index in [1.165, 1.54) is 32.4 Å². The quantitative estimate of drug-likeness (QED) is 0.891. The summed E-state index contributed by atoms with van der Waals surface area (Å²) in [6.45, 7) is 2.02. The van der Waals surface area contributed by atoms with Gasteiger partial charge in [0.1, 0.15) is 4.88 Å². The lowest BCUT2D eigenvalue weighted by atomic mass is 10.1. The number of nitrogens with two attached hydrogens (primary N) is 1. The molecule has 0 amide bonds. The van der Waals surface area contributed by atoms with Crippen LogP contribution in [0.4, 0.5) is 5.69 Å². The average molecular weight is 325 g/mol. The molecule has 3 N–H and O–H groups in total. The van der Waals surface area contributed by atoms with Gasteiger partial charge in [-0.05, 0) is 35.8 Å². The molecule has 0 atom stereocenters. The number of hydrogen-bond donors (Lipinski definition) is 2. The largest absolute Gasteiger partial charge is 0.477 e. The molecule has 0 saturated carbocycles. The summed E-state index contributed by atoms with van der Waals surface area (Å²) in [5, 5.41) is 9.24. The second-order valence-electron chi connectivity index (χ2n) is 4.67. The van der Waals surface area contributed by atoms with Crippen LogP contribution in [0.25, 0.3) is 9.75 Å². The smallest absolute Gasteiger partial charge is 0.348 e. The molecule has 1 aliphatic rings. The fraction of sp³-hybridized carbons (Fsp3) is 0.357. The average Bonchev–Trinajstić information content (AvgIpc) is 2.98. The van der Waals surface area contributed by atoms with Crippen molar-refractivity contribution in [2.75, 3.05) is 11.5 Å². The number of aryl methyl sites for hydroxylation is 1. The first-order valence-electron chi connectivity index (χ1n) is 6.46. The lowest BCUT2D eigenvalue weighted by molar-refractivity contribution is 0.0703. The predicted molar refractivity (Wildman–Crippen MR) is 88.2 cm³/mol. The number of carbonyl (C=O) groups is 1. The zero-order valence-electron chi connectivity index (χ0n) is 11.1. The molecule has 0 radical (unpaired) electrons. The second-order valence-corrected chi connectivity index (χ2v) is 7.94. The van der Waals surface area contributed by atoms with Gasteiger partial charge >= 0.3 is 5.97 Å². The minimum atomic E-state index is -0.926. The van der Waals surface area contributed by atoms with E-state index < -0.39 is 5.97 Å². The van der Waals surface area contributed by atoms with E-state index in [-0.39, 0.29) is 4.88 Å². The fourth-order valence-corrected chi connectivity index (χ4v) is 6.10. The molecule has 0 spiro atoms. The van der Waals surface area contributed by atoms with Crippen molar-refractivity contribution in [3.8, 4) is 9.75 Å². The number of fused-ring (bicyclic) bond motifs is 1. The highest BCUT2D eigenvalue weighted by atomic mass is 32.2. The van der Waals surface area contributed by atoms with Crippen LogP contribution in [0.5, 0.6) is 0 Å². The standard InChI is InChI=1S/C14H15NO2S3/c1-2-8-11(15)13(14(16)17)20-12(8)10-5-7-6-18-4-3-9(7)19-10/h5H,2-4,6,15H2,1H3,(H,16,17). The number of hydrogen-bond acceptors (Lipinski definition) is 5. The Kier molecular flexibility index (Phi) is 3.79. The van der Waals surface area contributed by atoms with Gasteiger partial charge in [0.15, 0.2) is 0 Å². The summed E-state index contributed by atoms with van der Waals surface area (Å²) in [5.74, 6) is 1.32. The maximum atomic E-state index is 11.3. The van der Waals surface area contributed by atoms with Crippen LogP contribution >= 0.6 is 34.4 Å². The van der Waals surface area contributed by atoms with Gasteiger partial charge in [0.25, 0.3) is 0 Å². The van der Waals surface area contributed by atoms with Crippen molar-refractivity contribution >= 4 is 46.1 Å². The highest BCUT2D eigenvalue weighted by Crippen LogP contribution is 2.44. The zero-order chi connectivity index (χ0) is 14.3. The van der Waals surface area contributed by atoms with Gasteiger partial charge in [-0.25, -0.2) is 4.79 Å². The molecule has 20 heavy (non-hydrogen) atoms. The summed E-state index contributed by atoms with van der Waals surface area (Å²) in [5.41, 5.74) is 8.84. The van der Waals surface area contributed by atoms with E-state index in [0.717, 1.165) is 29.0 Å². The molecule has 106 valence electrons. The van der Waals surface area contributed by atoms with Crippen molar-refractivity contribution in [1.82, 2.24) is 0 Å². The van der Waals surface area contributed by atoms with E-state index in [9.17, 15) is 9.90 Å². The Bertz CT molecular complexity index is 649. The van der Waals surface area contributed by atoms with Crippen molar-refractivity contribution in [2.45, 2.75) is 25.5 Å². The summed E-state index contributed by atoms with van der Waals surface area (Å²) in [4.78, 5) is 15.2. The first-order chi connectivity index (χ1) is 9.61. The minimum Gasteiger partial charge on any atom is -0.477 e. The summed E-state index contributed by atoms with van der Waals surface area (Å²) in [7, 11) is 0. The number of rotatable bonds is 3. The summed E-state index contributed by atoms with van der Waals surface area (Å²) >= 11 is 5.08. The fourth-order valence-electron chi connectivity index (χ4n) is 2.45. The van der Waals surface area contributed by atoms with E-state index in [1.807, 2.05) is 18.7 Å². The Morgan fingerprint density at radius 2 is 2.25 bits per heavy atom. The lowest BCUT2D eigenvalue weighted by Gasteiger charge is -2.08. The predicted octanol–water partition coefficient (Wildman–Crippen LogP) is 4.11. The number of anilines is 1. The Balaban J connectivity index is 2.11. The Morgan fingerprint density at radius 3 is 2.90 bits per heavy atom. The summed E-state index contributed by atoms with van der Waals surface area (Å²) in [6.07, 6.45) is 1.89. The third-order valence-electron chi connectivity index (χ3n) is 3.45. The number of thiophene rings is 2. The van der Waals surface area contributed by atoms with Crippen LogP contribution in [0.2, 0.25) is 0 Å². The van der Waals surface area contributed by atoms with Gasteiger partial charge in [0, 0.05) is 15.5 Å². The van der Waals surface area contributed by atoms with Gasteiger partial charge < -0.3 is 10.8 Å². The van der Waals surface area contributed by atoms with Crippen LogP contribution < -0.4 is 5.73 Å². The summed E-state index contributed by atoms with van der Waals surface area (Å²) < 4.78 is 0. The number of carboxylic acid groups (broad SMARTS) is 1. The van der Waals surface area contributed by atoms with Crippen LogP contribution in [0, 0.1) is 0 Å². The molecular formula is C14H15NO2S3. The third kappa shape index (κ3) is 2.25. The van der Waals surface area contributed by atoms with E-state index >= 15 is 0 Å². The van der Waals surface area contributed by atoms with Crippen LogP contribution in [0.3, 0.4) is 0 Å². The molecule has 0 saturated heterocycles. The van der Waals surface area contributed by atoms with Gasteiger partial charge in [-0.15, -0.1) is 22.7 Å². The molecule has 3 rings (SSSR count). The first kappa shape index (κ1) is 14.0. The molecule has 3 heterocycles. The molecule has 0 aliphatic carbocycles. The van der Waals surface area contributed by atoms with Gasteiger partial charge in [-0.3, -0.25) is 0 Å². The zero-order valence-corrected chi connectivity index (χ0v) is 13.5. The molecule has 0 aromatic carbocycles. The minimum absolute atomic E-state index is 0.276. The molecule has 6 heteroatoms. The van der Waals surface area contributed by atoms with Crippen molar-refractivity contribution < 1.29 is 9.90 Å². The van der Waals surface area contributed by atoms with E-state index in [0.29, 0.717) is 5.69 Å². The van der Waals surface area contributed by atoms with Crippen LogP contribution in [0.1, 0.15) is 32.6 Å². The second kappa shape index (κ2) is 5.42. The van der Waals surface area contributed by atoms with Gasteiger partial charge in [0.2, 0.25) is 0 Å². The molecule has 0 bridgehead atoms. The normalized spacial score (nSPS) is 14.2. The first-order valence-corrected chi connectivity index (χ1v) is 9.24. The van der Waals surface area contributed by atoms with Crippen molar-refractivity contribution in [2.24, 2.45) is 0 Å². The van der Waals surface area contributed by atoms with E-state index in [2.05, 4.69) is 6.07 Å². The van der Waals surface area contributed by atoms with Crippen LogP contribution in [-0.2, 0) is 18.6 Å². The third-order valence-corrected chi connectivity index (χ3v) is 7.11. The van der Waals surface area contributed by atoms with Gasteiger partial charge in [0.05, 0.1) is 10.6 Å². The molecule has 3 nitrogen and oxygen atoms in total. The molecule has 2 aromatic rings. The summed E-state index contributed by atoms with van der Waals surface area (Å²) in [6, 6.07) is 2.22. The van der Waals surface area contributed by atoms with Gasteiger partial charge in [-0.1, -0.05) is 6.92 Å². The van der Waals surface area contributed by atoms with Crippen molar-refractivity contribution in [3.05, 3.63) is 26.9 Å². The monoisotopic (exact) mass is 325 g/mol. The van der Waals surface area contributed by atoms with E-state index in [1.54, 1.807) is 11.3 Å². The maximum Gasteiger partial charge on any atom is 0.348 e. The molecule has 1 aliphatic heterocycles. The lowest BCUT2D eigenvalue weighted by Crippen LogP contribution is -1.99. The Morgan fingerprint density at radius 1 is 1.45 bits per heavy atom. The SMILES string of the molecule is CCc1c(-c2cc3c(s2)CCSC3)sc(C(=O)O)c1N. The van der Waals surface area contributed by atoms with Gasteiger partial charge in [-0.2, -0.15) is 11.8 Å².